The summed E-state index contributed by atoms with van der Waals surface area (Å²) in [5, 5.41) is 2.87. The van der Waals surface area contributed by atoms with Crippen LogP contribution in [0.3, 0.4) is 0 Å². The number of anilines is 1. The van der Waals surface area contributed by atoms with E-state index in [0.29, 0.717) is 29.9 Å². The first-order valence-corrected chi connectivity index (χ1v) is 9.01. The summed E-state index contributed by atoms with van der Waals surface area (Å²) in [6.45, 7) is 0.490. The van der Waals surface area contributed by atoms with Gasteiger partial charge in [-0.2, -0.15) is 0 Å². The number of nitrogens with zero attached hydrogens (tertiary/aromatic N) is 2. The van der Waals surface area contributed by atoms with Crippen molar-refractivity contribution in [2.45, 2.75) is 25.3 Å². The molecule has 7 heteroatoms. The summed E-state index contributed by atoms with van der Waals surface area (Å²) < 4.78 is 10.9. The molecular formula is C20H21N3O4. The lowest BCUT2D eigenvalue weighted by Crippen LogP contribution is -2.30. The Bertz CT molecular complexity index is 849. The highest BCUT2D eigenvalue weighted by atomic mass is 16.5. The van der Waals surface area contributed by atoms with Gasteiger partial charge in [-0.15, -0.1) is 0 Å². The van der Waals surface area contributed by atoms with Crippen molar-refractivity contribution in [2.24, 2.45) is 5.92 Å². The number of pyridine rings is 1. The average molecular weight is 367 g/mol. The molecule has 2 heterocycles. The first kappa shape index (κ1) is 17.3. The number of rotatable bonds is 6. The molecule has 7 nitrogen and oxygen atoms in total. The molecule has 1 N–H and O–H groups in total. The standard InChI is InChI=1S/C20H21N3O4/c1-26-15-6-8-16(9-7-15)27-20-17(3-2-10-21-20)22-19(25)13-11-18(24)23(12-13)14-4-5-14/h2-3,6-10,13-14H,4-5,11-12H2,1H3,(H,22,25). The Labute approximate surface area is 157 Å². The third-order valence-electron chi connectivity index (χ3n) is 4.82. The molecule has 140 valence electrons. The molecule has 1 aliphatic carbocycles. The van der Waals surface area contributed by atoms with Crippen molar-refractivity contribution in [3.8, 4) is 17.4 Å². The van der Waals surface area contributed by atoms with Gasteiger partial charge in [0.2, 0.25) is 17.7 Å². The van der Waals surface area contributed by atoms with Crippen molar-refractivity contribution in [1.29, 1.82) is 0 Å². The van der Waals surface area contributed by atoms with Crippen molar-refractivity contribution in [3.63, 3.8) is 0 Å². The smallest absolute Gasteiger partial charge is 0.243 e. The normalized spacial score (nSPS) is 19.1. The third-order valence-corrected chi connectivity index (χ3v) is 4.82. The van der Waals surface area contributed by atoms with Crippen LogP contribution in [0.15, 0.2) is 42.6 Å². The second kappa shape index (κ2) is 7.26. The van der Waals surface area contributed by atoms with E-state index in [-0.39, 0.29) is 24.2 Å². The van der Waals surface area contributed by atoms with Gasteiger partial charge in [-0.1, -0.05) is 0 Å². The quantitative estimate of drug-likeness (QED) is 0.849. The van der Waals surface area contributed by atoms with Crippen molar-refractivity contribution >= 4 is 17.5 Å². The fourth-order valence-electron chi connectivity index (χ4n) is 3.20. The number of carbonyl (C=O) groups is 2. The van der Waals surface area contributed by atoms with E-state index in [2.05, 4.69) is 10.3 Å². The number of methoxy groups -OCH3 is 1. The SMILES string of the molecule is COc1ccc(Oc2ncccc2NC(=O)C2CC(=O)N(C3CC3)C2)cc1. The van der Waals surface area contributed by atoms with Crippen LogP contribution in [0.4, 0.5) is 5.69 Å². The second-order valence-electron chi connectivity index (χ2n) is 6.80. The van der Waals surface area contributed by atoms with Crippen LogP contribution in [-0.2, 0) is 9.59 Å². The van der Waals surface area contributed by atoms with Gasteiger partial charge in [0.15, 0.2) is 0 Å². The molecule has 2 amide bonds. The van der Waals surface area contributed by atoms with Gasteiger partial charge in [0.25, 0.3) is 0 Å². The van der Waals surface area contributed by atoms with Crippen molar-refractivity contribution in [3.05, 3.63) is 42.6 Å². The average Bonchev–Trinajstić information content (AvgIpc) is 3.45. The van der Waals surface area contributed by atoms with Crippen LogP contribution in [0, 0.1) is 5.92 Å². The van der Waals surface area contributed by atoms with E-state index in [1.54, 1.807) is 49.7 Å². The molecule has 1 aromatic heterocycles. The highest BCUT2D eigenvalue weighted by Gasteiger charge is 2.41. The molecule has 27 heavy (non-hydrogen) atoms. The van der Waals surface area contributed by atoms with Gasteiger partial charge in [-0.25, -0.2) is 4.98 Å². The van der Waals surface area contributed by atoms with E-state index in [0.717, 1.165) is 18.6 Å². The van der Waals surface area contributed by atoms with Gasteiger partial charge in [-0.05, 0) is 49.2 Å². The number of carbonyl (C=O) groups excluding carboxylic acids is 2. The van der Waals surface area contributed by atoms with E-state index in [1.807, 2.05) is 4.90 Å². The Balaban J connectivity index is 1.44. The van der Waals surface area contributed by atoms with Gasteiger partial charge in [-0.3, -0.25) is 9.59 Å². The van der Waals surface area contributed by atoms with Crippen LogP contribution in [0.2, 0.25) is 0 Å². The maximum absolute atomic E-state index is 12.6. The molecule has 2 fully saturated rings. The second-order valence-corrected chi connectivity index (χ2v) is 6.80. The first-order valence-electron chi connectivity index (χ1n) is 9.01. The molecule has 4 rings (SSSR count). The van der Waals surface area contributed by atoms with Gasteiger partial charge in [0, 0.05) is 25.2 Å². The Morgan fingerprint density at radius 2 is 1.93 bits per heavy atom. The predicted molar refractivity (Wildman–Crippen MR) is 98.8 cm³/mol. The van der Waals surface area contributed by atoms with E-state index >= 15 is 0 Å². The molecule has 0 radical (unpaired) electrons. The molecule has 1 unspecified atom stereocenters. The van der Waals surface area contributed by atoms with Gasteiger partial charge >= 0.3 is 0 Å². The summed E-state index contributed by atoms with van der Waals surface area (Å²) in [7, 11) is 1.60. The molecule has 0 spiro atoms. The summed E-state index contributed by atoms with van der Waals surface area (Å²) in [5.41, 5.74) is 0.482. The van der Waals surface area contributed by atoms with E-state index < -0.39 is 0 Å². The van der Waals surface area contributed by atoms with E-state index in [4.69, 9.17) is 9.47 Å². The summed E-state index contributed by atoms with van der Waals surface area (Å²) >= 11 is 0. The van der Waals surface area contributed by atoms with E-state index in [1.165, 1.54) is 0 Å². The molecule has 0 bridgehead atoms. The Morgan fingerprint density at radius 1 is 1.19 bits per heavy atom. The van der Waals surface area contributed by atoms with Gasteiger partial charge in [0.1, 0.15) is 17.2 Å². The Morgan fingerprint density at radius 3 is 2.63 bits per heavy atom. The van der Waals surface area contributed by atoms with Crippen LogP contribution in [-0.4, -0.2) is 41.4 Å². The topological polar surface area (TPSA) is 80.8 Å². The number of amides is 2. The zero-order chi connectivity index (χ0) is 18.8. The lowest BCUT2D eigenvalue weighted by molar-refractivity contribution is -0.128. The third kappa shape index (κ3) is 3.86. The monoisotopic (exact) mass is 367 g/mol. The van der Waals surface area contributed by atoms with Crippen LogP contribution < -0.4 is 14.8 Å². The Hall–Kier alpha value is -3.09. The molecule has 1 aliphatic heterocycles. The zero-order valence-electron chi connectivity index (χ0n) is 15.1. The lowest BCUT2D eigenvalue weighted by Gasteiger charge is -2.16. The Kier molecular flexibility index (Phi) is 4.66. The number of ether oxygens (including phenoxy) is 2. The number of hydrogen-bond acceptors (Lipinski definition) is 5. The predicted octanol–water partition coefficient (Wildman–Crippen LogP) is 2.83. The molecule has 1 saturated heterocycles. The largest absolute Gasteiger partial charge is 0.497 e. The van der Waals surface area contributed by atoms with Crippen LogP contribution in [0.5, 0.6) is 17.4 Å². The maximum Gasteiger partial charge on any atom is 0.243 e. The summed E-state index contributed by atoms with van der Waals surface area (Å²) in [4.78, 5) is 30.8. The van der Waals surface area contributed by atoms with Crippen LogP contribution in [0.1, 0.15) is 19.3 Å². The molecule has 1 atom stereocenters. The van der Waals surface area contributed by atoms with Crippen molar-refractivity contribution in [2.75, 3.05) is 19.0 Å². The fraction of sp³-hybridized carbons (Fsp3) is 0.350. The van der Waals surface area contributed by atoms with Gasteiger partial charge in [0.05, 0.1) is 13.0 Å². The number of hydrogen-bond donors (Lipinski definition) is 1. The minimum Gasteiger partial charge on any atom is -0.497 e. The first-order chi connectivity index (χ1) is 13.1. The molecule has 1 aromatic carbocycles. The molecule has 2 aliphatic rings. The number of likely N-dealkylation sites (tertiary alicyclic amines) is 1. The molecular weight excluding hydrogens is 346 g/mol. The van der Waals surface area contributed by atoms with Crippen molar-refractivity contribution in [1.82, 2.24) is 9.88 Å². The van der Waals surface area contributed by atoms with Gasteiger partial charge < -0.3 is 19.7 Å². The fourth-order valence-corrected chi connectivity index (χ4v) is 3.20. The summed E-state index contributed by atoms with van der Waals surface area (Å²) in [6.07, 6.45) is 3.95. The molecule has 2 aromatic rings. The summed E-state index contributed by atoms with van der Waals surface area (Å²) in [6, 6.07) is 10.9. The maximum atomic E-state index is 12.6. The van der Waals surface area contributed by atoms with Crippen LogP contribution in [0.25, 0.3) is 0 Å². The van der Waals surface area contributed by atoms with E-state index in [9.17, 15) is 9.59 Å². The lowest BCUT2D eigenvalue weighted by atomic mass is 10.1. The minimum atomic E-state index is -0.341. The van der Waals surface area contributed by atoms with Crippen LogP contribution >= 0.6 is 0 Å². The van der Waals surface area contributed by atoms with Crippen molar-refractivity contribution < 1.29 is 19.1 Å². The summed E-state index contributed by atoms with van der Waals surface area (Å²) in [5.74, 6) is 1.16. The number of nitrogens with one attached hydrogen (secondary N) is 1. The minimum absolute atomic E-state index is 0.0681. The highest BCUT2D eigenvalue weighted by Crippen LogP contribution is 2.34. The zero-order valence-corrected chi connectivity index (χ0v) is 15.1. The highest BCUT2D eigenvalue weighted by molar-refractivity contribution is 5.98. The number of aromatic nitrogens is 1. The number of benzene rings is 1. The molecule has 1 saturated carbocycles.